The second-order valence-electron chi connectivity index (χ2n) is 6.50. The third-order valence-electron chi connectivity index (χ3n) is 5.26. The molecule has 0 saturated heterocycles. The van der Waals surface area contributed by atoms with E-state index in [1.54, 1.807) is 12.1 Å². The second kappa shape index (κ2) is 5.67. The Morgan fingerprint density at radius 2 is 2.00 bits per heavy atom. The molecule has 0 saturated carbocycles. The van der Waals surface area contributed by atoms with Gasteiger partial charge in [0, 0.05) is 16.6 Å². The van der Waals surface area contributed by atoms with Crippen LogP contribution in [0.4, 0.5) is 5.69 Å². The van der Waals surface area contributed by atoms with Crippen LogP contribution in [0.15, 0.2) is 48.6 Å². The van der Waals surface area contributed by atoms with Gasteiger partial charge in [0.2, 0.25) is 0 Å². The molecule has 2 aromatic carbocycles. The number of aromatic carboxylic acids is 1. The minimum Gasteiger partial charge on any atom is -0.478 e. The molecule has 3 atom stereocenters. The van der Waals surface area contributed by atoms with Crippen LogP contribution in [-0.4, -0.2) is 11.1 Å². The number of carboxylic acid groups (broad SMARTS) is 1. The highest BCUT2D eigenvalue weighted by atomic mass is 35.5. The van der Waals surface area contributed by atoms with Gasteiger partial charge in [-0.2, -0.15) is 0 Å². The Labute approximate surface area is 146 Å². The number of benzene rings is 2. The first kappa shape index (κ1) is 15.3. The van der Waals surface area contributed by atoms with Gasteiger partial charge >= 0.3 is 5.97 Å². The topological polar surface area (TPSA) is 49.3 Å². The first-order chi connectivity index (χ1) is 11.6. The fourth-order valence-electron chi connectivity index (χ4n) is 4.06. The van der Waals surface area contributed by atoms with Crippen molar-refractivity contribution >= 4 is 23.3 Å². The fourth-order valence-corrected chi connectivity index (χ4v) is 4.22. The number of carbonyl (C=O) groups is 1. The van der Waals surface area contributed by atoms with Gasteiger partial charge in [-0.15, -0.1) is 0 Å². The Bertz CT molecular complexity index is 859. The summed E-state index contributed by atoms with van der Waals surface area (Å²) in [7, 11) is 0. The summed E-state index contributed by atoms with van der Waals surface area (Å²) in [5.74, 6) is -0.272. The highest BCUT2D eigenvalue weighted by Gasteiger charge is 2.39. The van der Waals surface area contributed by atoms with Crippen molar-refractivity contribution in [1.82, 2.24) is 0 Å². The normalized spacial score (nSPS) is 24.2. The molecule has 3 nitrogen and oxygen atoms in total. The van der Waals surface area contributed by atoms with Crippen LogP contribution in [-0.2, 0) is 0 Å². The molecule has 122 valence electrons. The lowest BCUT2D eigenvalue weighted by atomic mass is 9.75. The smallest absolute Gasteiger partial charge is 0.336 e. The van der Waals surface area contributed by atoms with Crippen molar-refractivity contribution in [3.63, 3.8) is 0 Å². The quantitative estimate of drug-likeness (QED) is 0.742. The van der Waals surface area contributed by atoms with E-state index in [0.717, 1.165) is 28.3 Å². The van der Waals surface area contributed by atoms with Crippen molar-refractivity contribution in [2.75, 3.05) is 5.32 Å². The van der Waals surface area contributed by atoms with Crippen LogP contribution in [0.3, 0.4) is 0 Å². The number of halogens is 1. The van der Waals surface area contributed by atoms with Crippen LogP contribution in [0, 0.1) is 12.8 Å². The Kier molecular flexibility index (Phi) is 3.61. The first-order valence-electron chi connectivity index (χ1n) is 8.12. The molecular formula is C20H18ClNO2. The molecule has 1 heterocycles. The van der Waals surface area contributed by atoms with E-state index in [9.17, 15) is 9.90 Å². The molecular weight excluding hydrogens is 322 g/mol. The number of fused-ring (bicyclic) bond motifs is 3. The van der Waals surface area contributed by atoms with Gasteiger partial charge in [0.25, 0.3) is 0 Å². The fraction of sp³-hybridized carbons (Fsp3) is 0.250. The highest BCUT2D eigenvalue weighted by molar-refractivity contribution is 6.31. The third kappa shape index (κ3) is 2.23. The van der Waals surface area contributed by atoms with E-state index in [1.165, 1.54) is 5.56 Å². The van der Waals surface area contributed by atoms with E-state index in [1.807, 2.05) is 25.1 Å². The van der Waals surface area contributed by atoms with E-state index in [0.29, 0.717) is 17.4 Å². The summed E-state index contributed by atoms with van der Waals surface area (Å²) in [6.45, 7) is 2.01. The second-order valence-corrected chi connectivity index (χ2v) is 6.91. The zero-order valence-corrected chi connectivity index (χ0v) is 14.0. The minimum atomic E-state index is -0.886. The summed E-state index contributed by atoms with van der Waals surface area (Å²) < 4.78 is 0. The summed E-state index contributed by atoms with van der Waals surface area (Å²) in [5.41, 5.74) is 4.52. The maximum absolute atomic E-state index is 11.7. The minimum absolute atomic E-state index is 0.0398. The number of hydrogen-bond donors (Lipinski definition) is 2. The van der Waals surface area contributed by atoms with Gasteiger partial charge < -0.3 is 10.4 Å². The molecule has 24 heavy (non-hydrogen) atoms. The Morgan fingerprint density at radius 3 is 2.79 bits per heavy atom. The Hall–Kier alpha value is -2.26. The van der Waals surface area contributed by atoms with Crippen molar-refractivity contribution in [2.45, 2.75) is 25.3 Å². The van der Waals surface area contributed by atoms with E-state index in [2.05, 4.69) is 23.5 Å². The molecule has 0 spiro atoms. The van der Waals surface area contributed by atoms with Crippen LogP contribution in [0.2, 0.25) is 5.02 Å². The average molecular weight is 340 g/mol. The molecule has 0 fully saturated rings. The molecule has 4 heteroatoms. The number of rotatable bonds is 2. The Morgan fingerprint density at radius 1 is 1.21 bits per heavy atom. The lowest BCUT2D eigenvalue weighted by Gasteiger charge is -2.39. The lowest BCUT2D eigenvalue weighted by molar-refractivity contribution is 0.0694. The number of anilines is 1. The van der Waals surface area contributed by atoms with Crippen LogP contribution in [0.5, 0.6) is 0 Å². The van der Waals surface area contributed by atoms with E-state index >= 15 is 0 Å². The molecule has 0 amide bonds. The van der Waals surface area contributed by atoms with Crippen molar-refractivity contribution in [3.05, 3.63) is 75.8 Å². The van der Waals surface area contributed by atoms with E-state index in [-0.39, 0.29) is 6.04 Å². The number of carboxylic acids is 1. The summed E-state index contributed by atoms with van der Waals surface area (Å²) in [4.78, 5) is 11.7. The van der Waals surface area contributed by atoms with Gasteiger partial charge in [-0.25, -0.2) is 4.79 Å². The van der Waals surface area contributed by atoms with Crippen LogP contribution >= 0.6 is 11.6 Å². The molecule has 0 bridgehead atoms. The average Bonchev–Trinajstić information content (AvgIpc) is 3.07. The molecule has 2 N–H and O–H groups in total. The SMILES string of the molecule is Cc1c(Cl)ccc2c1N[C@H](c1ccccc1C(=O)O)[C@@H]1CC=C[C@H]21. The summed E-state index contributed by atoms with van der Waals surface area (Å²) in [6, 6.07) is 11.3. The van der Waals surface area contributed by atoms with Crippen molar-refractivity contribution in [2.24, 2.45) is 5.92 Å². The lowest BCUT2D eigenvalue weighted by Crippen LogP contribution is -2.30. The van der Waals surface area contributed by atoms with Crippen LogP contribution in [0.1, 0.15) is 45.4 Å². The molecule has 4 rings (SSSR count). The van der Waals surface area contributed by atoms with Gasteiger partial charge in [0.15, 0.2) is 0 Å². The predicted octanol–water partition coefficient (Wildman–Crippen LogP) is 5.17. The molecule has 0 unspecified atom stereocenters. The highest BCUT2D eigenvalue weighted by Crippen LogP contribution is 2.51. The van der Waals surface area contributed by atoms with E-state index < -0.39 is 5.97 Å². The number of hydrogen-bond acceptors (Lipinski definition) is 2. The maximum atomic E-state index is 11.7. The van der Waals surface area contributed by atoms with Crippen LogP contribution in [0.25, 0.3) is 0 Å². The zero-order valence-electron chi connectivity index (χ0n) is 13.3. The third-order valence-corrected chi connectivity index (χ3v) is 5.67. The molecule has 0 radical (unpaired) electrons. The number of allylic oxidation sites excluding steroid dienone is 2. The largest absolute Gasteiger partial charge is 0.478 e. The monoisotopic (exact) mass is 339 g/mol. The van der Waals surface area contributed by atoms with Gasteiger partial charge in [0.05, 0.1) is 11.6 Å². The van der Waals surface area contributed by atoms with Crippen molar-refractivity contribution in [1.29, 1.82) is 0 Å². The summed E-state index contributed by atoms with van der Waals surface area (Å²) in [6.07, 6.45) is 5.39. The molecule has 1 aliphatic heterocycles. The first-order valence-corrected chi connectivity index (χ1v) is 8.50. The van der Waals surface area contributed by atoms with Crippen LogP contribution < -0.4 is 5.32 Å². The van der Waals surface area contributed by atoms with E-state index in [4.69, 9.17) is 11.6 Å². The van der Waals surface area contributed by atoms with Gasteiger partial charge in [-0.1, -0.05) is 48.0 Å². The van der Waals surface area contributed by atoms with Gasteiger partial charge in [0.1, 0.15) is 0 Å². The molecule has 2 aromatic rings. The van der Waals surface area contributed by atoms with Gasteiger partial charge in [-0.3, -0.25) is 0 Å². The van der Waals surface area contributed by atoms with Crippen molar-refractivity contribution < 1.29 is 9.90 Å². The zero-order chi connectivity index (χ0) is 16.8. The molecule has 0 aromatic heterocycles. The predicted molar refractivity (Wildman–Crippen MR) is 95.9 cm³/mol. The number of nitrogens with one attached hydrogen (secondary N) is 1. The molecule has 1 aliphatic carbocycles. The summed E-state index contributed by atoms with van der Waals surface area (Å²) >= 11 is 6.31. The van der Waals surface area contributed by atoms with Crippen molar-refractivity contribution in [3.8, 4) is 0 Å². The summed E-state index contributed by atoms with van der Waals surface area (Å²) in [5, 5.41) is 13.9. The standard InChI is InChI=1S/C20H18ClNO2/c1-11-17(21)10-9-15-12-7-4-8-13(12)19(22-18(11)15)14-5-2-3-6-16(14)20(23)24/h2-7,9-10,12-13,19,22H,8H2,1H3,(H,23,24)/t12-,13+,19-/m0/s1. The molecule has 2 aliphatic rings. The maximum Gasteiger partial charge on any atom is 0.336 e. The Balaban J connectivity index is 1.87. The van der Waals surface area contributed by atoms with Gasteiger partial charge in [-0.05, 0) is 48.1 Å².